The molecule has 0 spiro atoms. The minimum absolute atomic E-state index is 0.0287. The lowest BCUT2D eigenvalue weighted by Crippen LogP contribution is -2.29. The summed E-state index contributed by atoms with van der Waals surface area (Å²) in [7, 11) is 1.65. The van der Waals surface area contributed by atoms with Gasteiger partial charge >= 0.3 is 0 Å². The topological polar surface area (TPSA) is 58.2 Å². The third-order valence-corrected chi connectivity index (χ3v) is 6.34. The standard InChI is InChI=1S/C28H27N3O2/c1-18(2)20-9-11-22(12-10-20)27-24-25(21-13-15-23(33-3)16-14-21)29-30-26(24)28(32)31(27)17-19-7-5-4-6-8-19/h4-16,18,27H,17H2,1-3H3,(H,29,30). The molecule has 1 aliphatic heterocycles. The first-order valence-corrected chi connectivity index (χ1v) is 11.2. The molecular formula is C28H27N3O2. The molecule has 1 aliphatic rings. The van der Waals surface area contributed by atoms with Gasteiger partial charge in [0.2, 0.25) is 0 Å². The minimum atomic E-state index is -0.218. The smallest absolute Gasteiger partial charge is 0.273 e. The molecule has 1 N–H and O–H groups in total. The van der Waals surface area contributed by atoms with Gasteiger partial charge in [-0.25, -0.2) is 0 Å². The first kappa shape index (κ1) is 21.0. The van der Waals surface area contributed by atoms with Gasteiger partial charge < -0.3 is 9.64 Å². The number of carbonyl (C=O) groups is 1. The van der Waals surface area contributed by atoms with Crippen LogP contribution in [0, 0.1) is 0 Å². The van der Waals surface area contributed by atoms with Gasteiger partial charge in [0.15, 0.2) is 0 Å². The van der Waals surface area contributed by atoms with Crippen molar-refractivity contribution in [1.29, 1.82) is 0 Å². The number of aromatic amines is 1. The Labute approximate surface area is 194 Å². The average molecular weight is 438 g/mol. The predicted octanol–water partition coefficient (Wildman–Crippen LogP) is 5.95. The van der Waals surface area contributed by atoms with E-state index < -0.39 is 0 Å². The number of nitrogens with one attached hydrogen (secondary N) is 1. The quantitative estimate of drug-likeness (QED) is 0.405. The van der Waals surface area contributed by atoms with Crippen LogP contribution < -0.4 is 4.74 Å². The second-order valence-corrected chi connectivity index (χ2v) is 8.73. The van der Waals surface area contributed by atoms with Crippen LogP contribution in [0.25, 0.3) is 11.3 Å². The third-order valence-electron chi connectivity index (χ3n) is 6.34. The summed E-state index contributed by atoms with van der Waals surface area (Å²) in [6.45, 7) is 4.90. The number of methoxy groups -OCH3 is 1. The van der Waals surface area contributed by atoms with Gasteiger partial charge in [-0.3, -0.25) is 9.89 Å². The van der Waals surface area contributed by atoms with E-state index in [1.54, 1.807) is 7.11 Å². The summed E-state index contributed by atoms with van der Waals surface area (Å²) in [5.41, 5.74) is 6.70. The van der Waals surface area contributed by atoms with Gasteiger partial charge in [0.05, 0.1) is 18.8 Å². The molecule has 0 aliphatic carbocycles. The number of aromatic nitrogens is 2. The zero-order chi connectivity index (χ0) is 22.9. The van der Waals surface area contributed by atoms with E-state index in [0.29, 0.717) is 18.2 Å². The number of hydrogen-bond donors (Lipinski definition) is 1. The molecule has 1 atom stereocenters. The van der Waals surface area contributed by atoms with E-state index in [1.165, 1.54) is 5.56 Å². The van der Waals surface area contributed by atoms with E-state index in [0.717, 1.165) is 33.7 Å². The van der Waals surface area contributed by atoms with Crippen LogP contribution in [0.2, 0.25) is 0 Å². The van der Waals surface area contributed by atoms with E-state index in [1.807, 2.05) is 47.4 Å². The lowest BCUT2D eigenvalue weighted by Gasteiger charge is -2.27. The number of amides is 1. The molecule has 4 aromatic rings. The van der Waals surface area contributed by atoms with Crippen LogP contribution in [0.3, 0.4) is 0 Å². The minimum Gasteiger partial charge on any atom is -0.497 e. The van der Waals surface area contributed by atoms with Crippen LogP contribution in [0.15, 0.2) is 78.9 Å². The Morgan fingerprint density at radius 2 is 1.67 bits per heavy atom. The molecule has 33 heavy (non-hydrogen) atoms. The normalized spacial score (nSPS) is 15.2. The largest absolute Gasteiger partial charge is 0.497 e. The molecule has 0 saturated heterocycles. The van der Waals surface area contributed by atoms with Crippen LogP contribution in [0.5, 0.6) is 5.75 Å². The number of nitrogens with zero attached hydrogens (tertiary/aromatic N) is 2. The number of fused-ring (bicyclic) bond motifs is 1. The summed E-state index contributed by atoms with van der Waals surface area (Å²) in [5.74, 6) is 1.21. The molecule has 0 saturated carbocycles. The average Bonchev–Trinajstić information content (AvgIpc) is 3.39. The van der Waals surface area contributed by atoms with Gasteiger partial charge in [0.1, 0.15) is 11.4 Å². The van der Waals surface area contributed by atoms with Gasteiger partial charge in [-0.2, -0.15) is 5.10 Å². The van der Waals surface area contributed by atoms with Crippen LogP contribution in [-0.2, 0) is 6.54 Å². The Bertz CT molecular complexity index is 1260. The highest BCUT2D eigenvalue weighted by atomic mass is 16.5. The number of carbonyl (C=O) groups excluding carboxylic acids is 1. The van der Waals surface area contributed by atoms with Crippen molar-refractivity contribution < 1.29 is 9.53 Å². The number of benzene rings is 3. The molecule has 5 nitrogen and oxygen atoms in total. The molecule has 1 aromatic heterocycles. The second kappa shape index (κ2) is 8.58. The molecule has 3 aromatic carbocycles. The van der Waals surface area contributed by atoms with E-state index >= 15 is 0 Å². The lowest BCUT2D eigenvalue weighted by atomic mass is 9.93. The van der Waals surface area contributed by atoms with Crippen LogP contribution in [0.1, 0.15) is 58.5 Å². The first-order chi connectivity index (χ1) is 16.1. The van der Waals surface area contributed by atoms with Crippen LogP contribution >= 0.6 is 0 Å². The summed E-state index contributed by atoms with van der Waals surface area (Å²) >= 11 is 0. The highest BCUT2D eigenvalue weighted by Crippen LogP contribution is 2.43. The molecule has 5 heteroatoms. The van der Waals surface area contributed by atoms with Crippen molar-refractivity contribution in [3.63, 3.8) is 0 Å². The fraction of sp³-hybridized carbons (Fsp3) is 0.214. The second-order valence-electron chi connectivity index (χ2n) is 8.73. The van der Waals surface area contributed by atoms with Gasteiger partial charge in [0.25, 0.3) is 5.91 Å². The molecule has 1 amide bonds. The van der Waals surface area contributed by atoms with Crippen LogP contribution in [0.4, 0.5) is 0 Å². The molecule has 166 valence electrons. The van der Waals surface area contributed by atoms with Gasteiger partial charge in [-0.15, -0.1) is 0 Å². The third kappa shape index (κ3) is 3.80. The zero-order valence-electron chi connectivity index (χ0n) is 19.1. The zero-order valence-corrected chi connectivity index (χ0v) is 19.1. The SMILES string of the molecule is COc1ccc(-c2n[nH]c3c2C(c2ccc(C(C)C)cc2)N(Cc2ccccc2)C3=O)cc1. The maximum Gasteiger partial charge on any atom is 0.273 e. The summed E-state index contributed by atoms with van der Waals surface area (Å²) in [6, 6.07) is 26.3. The monoisotopic (exact) mass is 437 g/mol. The Morgan fingerprint density at radius 1 is 0.970 bits per heavy atom. The highest BCUT2D eigenvalue weighted by molar-refractivity contribution is 6.00. The number of rotatable bonds is 6. The summed E-state index contributed by atoms with van der Waals surface area (Å²) < 4.78 is 5.31. The Hall–Kier alpha value is -3.86. The molecule has 5 rings (SSSR count). The maximum absolute atomic E-state index is 13.5. The van der Waals surface area contributed by atoms with Crippen molar-refractivity contribution in [1.82, 2.24) is 15.1 Å². The molecule has 0 radical (unpaired) electrons. The van der Waals surface area contributed by atoms with Crippen LogP contribution in [-0.4, -0.2) is 28.1 Å². The fourth-order valence-electron chi connectivity index (χ4n) is 4.52. The Morgan fingerprint density at radius 3 is 2.30 bits per heavy atom. The van der Waals surface area contributed by atoms with Crippen molar-refractivity contribution in [2.24, 2.45) is 0 Å². The van der Waals surface area contributed by atoms with Crippen molar-refractivity contribution in [2.45, 2.75) is 32.4 Å². The first-order valence-electron chi connectivity index (χ1n) is 11.2. The lowest BCUT2D eigenvalue weighted by molar-refractivity contribution is 0.0730. The molecule has 0 bridgehead atoms. The number of H-pyrrole nitrogens is 1. The molecule has 0 fully saturated rings. The number of ether oxygens (including phenoxy) is 1. The molecule has 2 heterocycles. The van der Waals surface area contributed by atoms with Crippen molar-refractivity contribution in [3.8, 4) is 17.0 Å². The molecule has 1 unspecified atom stereocenters. The van der Waals surface area contributed by atoms with E-state index in [-0.39, 0.29) is 11.9 Å². The summed E-state index contributed by atoms with van der Waals surface area (Å²) in [6.07, 6.45) is 0. The van der Waals surface area contributed by atoms with Crippen molar-refractivity contribution >= 4 is 5.91 Å². The van der Waals surface area contributed by atoms with Crippen molar-refractivity contribution in [3.05, 3.63) is 107 Å². The molecular weight excluding hydrogens is 410 g/mol. The van der Waals surface area contributed by atoms with Gasteiger partial charge in [-0.1, -0.05) is 68.4 Å². The fourth-order valence-corrected chi connectivity index (χ4v) is 4.52. The summed E-state index contributed by atoms with van der Waals surface area (Å²) in [4.78, 5) is 15.5. The van der Waals surface area contributed by atoms with E-state index in [9.17, 15) is 4.79 Å². The highest BCUT2D eigenvalue weighted by Gasteiger charge is 2.42. The van der Waals surface area contributed by atoms with E-state index in [2.05, 4.69) is 60.4 Å². The van der Waals surface area contributed by atoms with Gasteiger partial charge in [0, 0.05) is 17.7 Å². The number of hydrogen-bond acceptors (Lipinski definition) is 3. The summed E-state index contributed by atoms with van der Waals surface area (Å²) in [5, 5.41) is 7.60. The predicted molar refractivity (Wildman–Crippen MR) is 129 cm³/mol. The van der Waals surface area contributed by atoms with Gasteiger partial charge in [-0.05, 0) is 46.9 Å². The maximum atomic E-state index is 13.5. The Kier molecular flexibility index (Phi) is 5.47. The van der Waals surface area contributed by atoms with Crippen molar-refractivity contribution in [2.75, 3.05) is 7.11 Å². The Balaban J connectivity index is 1.62. The van der Waals surface area contributed by atoms with E-state index in [4.69, 9.17) is 4.74 Å².